The number of aryl methyl sites for hydroxylation is 1. The molecular weight excluding hydrogens is 442 g/mol. The molecule has 194 valence electrons. The standard InChI is InChI=1S/C27H43N5O3/c1-17(2)21-14-20(22-18(3)29-32(23(22)28-21)26(4,5)6)24(33)31-13-11-12-19(16-31)15-30(10)25(34)35-27(7,8)9/h14,17,19H,11-13,15-16H2,1-10H3. The molecule has 0 N–H and O–H groups in total. The van der Waals surface area contributed by atoms with Crippen molar-refractivity contribution < 1.29 is 14.3 Å². The highest BCUT2D eigenvalue weighted by atomic mass is 16.6. The van der Waals surface area contributed by atoms with Crippen molar-refractivity contribution in [3.05, 3.63) is 23.0 Å². The fourth-order valence-corrected chi connectivity index (χ4v) is 4.61. The highest BCUT2D eigenvalue weighted by Gasteiger charge is 2.31. The maximum absolute atomic E-state index is 13.9. The van der Waals surface area contributed by atoms with Crippen molar-refractivity contribution >= 4 is 23.0 Å². The molecule has 35 heavy (non-hydrogen) atoms. The highest BCUT2D eigenvalue weighted by Crippen LogP contribution is 2.30. The molecular formula is C27H43N5O3. The average Bonchev–Trinajstić information content (AvgIpc) is 3.08. The second-order valence-electron chi connectivity index (χ2n) is 12.2. The van der Waals surface area contributed by atoms with Crippen LogP contribution in [0, 0.1) is 12.8 Å². The summed E-state index contributed by atoms with van der Waals surface area (Å²) in [5.41, 5.74) is 2.37. The van der Waals surface area contributed by atoms with Gasteiger partial charge in [-0.05, 0) is 79.2 Å². The summed E-state index contributed by atoms with van der Waals surface area (Å²) in [6, 6.07) is 1.95. The van der Waals surface area contributed by atoms with Gasteiger partial charge in [-0.15, -0.1) is 0 Å². The zero-order valence-corrected chi connectivity index (χ0v) is 23.2. The van der Waals surface area contributed by atoms with Crippen LogP contribution in [0.2, 0.25) is 0 Å². The molecule has 0 spiro atoms. The molecule has 1 aliphatic rings. The van der Waals surface area contributed by atoms with Crippen LogP contribution >= 0.6 is 0 Å². The SMILES string of the molecule is Cc1nn(C(C)(C)C)c2nc(C(C)C)cc(C(=O)N3CCCC(CN(C)C(=O)OC(C)(C)C)C3)c12. The summed E-state index contributed by atoms with van der Waals surface area (Å²) >= 11 is 0. The molecule has 8 nitrogen and oxygen atoms in total. The minimum atomic E-state index is -0.532. The number of rotatable bonds is 4. The van der Waals surface area contributed by atoms with Crippen molar-refractivity contribution in [3.63, 3.8) is 0 Å². The molecule has 0 saturated carbocycles. The summed E-state index contributed by atoms with van der Waals surface area (Å²) in [6.07, 6.45) is 1.55. The van der Waals surface area contributed by atoms with Gasteiger partial charge in [0.1, 0.15) is 5.60 Å². The lowest BCUT2D eigenvalue weighted by atomic mass is 9.96. The van der Waals surface area contributed by atoms with E-state index in [0.717, 1.165) is 35.3 Å². The minimum Gasteiger partial charge on any atom is -0.444 e. The van der Waals surface area contributed by atoms with Crippen LogP contribution in [0.3, 0.4) is 0 Å². The number of piperidine rings is 1. The van der Waals surface area contributed by atoms with Gasteiger partial charge in [0.05, 0.1) is 22.2 Å². The van der Waals surface area contributed by atoms with Gasteiger partial charge in [0.25, 0.3) is 5.91 Å². The number of carbonyl (C=O) groups excluding carboxylic acids is 2. The first kappa shape index (κ1) is 27.0. The van der Waals surface area contributed by atoms with Gasteiger partial charge in [0.15, 0.2) is 5.65 Å². The van der Waals surface area contributed by atoms with Crippen LogP contribution in [0.4, 0.5) is 4.79 Å². The molecule has 2 amide bonds. The molecule has 1 unspecified atom stereocenters. The first-order valence-electron chi connectivity index (χ1n) is 12.7. The first-order valence-corrected chi connectivity index (χ1v) is 12.7. The van der Waals surface area contributed by atoms with Crippen LogP contribution in [-0.2, 0) is 10.3 Å². The second-order valence-corrected chi connectivity index (χ2v) is 12.2. The van der Waals surface area contributed by atoms with E-state index >= 15 is 0 Å². The number of ether oxygens (including phenoxy) is 1. The minimum absolute atomic E-state index is 0.0143. The number of amides is 2. The Kier molecular flexibility index (Phi) is 7.53. The van der Waals surface area contributed by atoms with E-state index in [9.17, 15) is 9.59 Å². The lowest BCUT2D eigenvalue weighted by Gasteiger charge is -2.35. The largest absolute Gasteiger partial charge is 0.444 e. The smallest absolute Gasteiger partial charge is 0.410 e. The maximum Gasteiger partial charge on any atom is 0.410 e. The molecule has 1 atom stereocenters. The molecule has 0 radical (unpaired) electrons. The van der Waals surface area contributed by atoms with Gasteiger partial charge in [-0.3, -0.25) is 4.79 Å². The van der Waals surface area contributed by atoms with Crippen molar-refractivity contribution in [2.75, 3.05) is 26.7 Å². The predicted molar refractivity (Wildman–Crippen MR) is 139 cm³/mol. The Morgan fingerprint density at radius 3 is 2.43 bits per heavy atom. The van der Waals surface area contributed by atoms with Crippen LogP contribution in [0.15, 0.2) is 6.07 Å². The molecule has 2 aromatic rings. The van der Waals surface area contributed by atoms with Crippen molar-refractivity contribution in [1.82, 2.24) is 24.6 Å². The van der Waals surface area contributed by atoms with Crippen LogP contribution in [0.1, 0.15) is 95.9 Å². The Bertz CT molecular complexity index is 1090. The molecule has 3 rings (SSSR count). The fourth-order valence-electron chi connectivity index (χ4n) is 4.61. The van der Waals surface area contributed by atoms with Gasteiger partial charge in [0.2, 0.25) is 0 Å². The summed E-state index contributed by atoms with van der Waals surface area (Å²) < 4.78 is 7.44. The predicted octanol–water partition coefficient (Wildman–Crippen LogP) is 5.34. The van der Waals surface area contributed by atoms with Crippen LogP contribution in [-0.4, -0.2) is 68.8 Å². The Hall–Kier alpha value is -2.64. The van der Waals surface area contributed by atoms with Crippen LogP contribution < -0.4 is 0 Å². The van der Waals surface area contributed by atoms with Gasteiger partial charge in [-0.2, -0.15) is 5.10 Å². The first-order chi connectivity index (χ1) is 16.1. The van der Waals surface area contributed by atoms with E-state index in [1.807, 2.05) is 43.3 Å². The van der Waals surface area contributed by atoms with E-state index in [4.69, 9.17) is 14.8 Å². The number of hydrogen-bond donors (Lipinski definition) is 0. The second kappa shape index (κ2) is 9.78. The van der Waals surface area contributed by atoms with E-state index in [1.165, 1.54) is 0 Å². The lowest BCUT2D eigenvalue weighted by Crippen LogP contribution is -2.45. The topological polar surface area (TPSA) is 80.6 Å². The van der Waals surface area contributed by atoms with Gasteiger partial charge >= 0.3 is 6.09 Å². The molecule has 1 fully saturated rings. The molecule has 0 aliphatic carbocycles. The normalized spacial score (nSPS) is 17.2. The molecule has 1 saturated heterocycles. The Morgan fingerprint density at radius 1 is 1.20 bits per heavy atom. The molecule has 3 heterocycles. The number of carbonyl (C=O) groups is 2. The maximum atomic E-state index is 13.9. The zero-order valence-electron chi connectivity index (χ0n) is 23.2. The molecule has 2 aromatic heterocycles. The molecule has 0 bridgehead atoms. The van der Waals surface area contributed by atoms with E-state index in [1.54, 1.807) is 11.9 Å². The van der Waals surface area contributed by atoms with Crippen molar-refractivity contribution in [3.8, 4) is 0 Å². The number of pyridine rings is 1. The van der Waals surface area contributed by atoms with E-state index < -0.39 is 5.60 Å². The third kappa shape index (κ3) is 6.14. The van der Waals surface area contributed by atoms with Crippen molar-refractivity contribution in [2.24, 2.45) is 5.92 Å². The average molecular weight is 486 g/mol. The summed E-state index contributed by atoms with van der Waals surface area (Å²) in [6.45, 7) is 19.9. The van der Waals surface area contributed by atoms with E-state index in [0.29, 0.717) is 25.2 Å². The third-order valence-electron chi connectivity index (χ3n) is 6.33. The monoisotopic (exact) mass is 485 g/mol. The summed E-state index contributed by atoms with van der Waals surface area (Å²) in [4.78, 5) is 34.8. The lowest BCUT2D eigenvalue weighted by molar-refractivity contribution is 0.0244. The van der Waals surface area contributed by atoms with Gasteiger partial charge in [-0.1, -0.05) is 13.8 Å². The highest BCUT2D eigenvalue weighted by molar-refractivity contribution is 6.06. The van der Waals surface area contributed by atoms with Gasteiger partial charge in [0, 0.05) is 32.4 Å². The summed E-state index contributed by atoms with van der Waals surface area (Å²) in [5, 5.41) is 5.61. The van der Waals surface area contributed by atoms with Gasteiger partial charge in [-0.25, -0.2) is 14.5 Å². The van der Waals surface area contributed by atoms with E-state index in [-0.39, 0.29) is 29.4 Å². The number of nitrogens with zero attached hydrogens (tertiary/aromatic N) is 5. The Labute approximate surface area is 210 Å². The number of hydrogen-bond acceptors (Lipinski definition) is 5. The van der Waals surface area contributed by atoms with Crippen LogP contribution in [0.5, 0.6) is 0 Å². The molecule has 1 aliphatic heterocycles. The van der Waals surface area contributed by atoms with E-state index in [2.05, 4.69) is 34.6 Å². The van der Waals surface area contributed by atoms with Gasteiger partial charge < -0.3 is 14.5 Å². The molecule has 8 heteroatoms. The third-order valence-corrected chi connectivity index (χ3v) is 6.33. The zero-order chi connectivity index (χ0) is 26.3. The number of likely N-dealkylation sites (tertiary alicyclic amines) is 1. The number of fused-ring (bicyclic) bond motifs is 1. The quantitative estimate of drug-likeness (QED) is 0.584. The summed E-state index contributed by atoms with van der Waals surface area (Å²) in [7, 11) is 1.76. The number of aromatic nitrogens is 3. The van der Waals surface area contributed by atoms with Crippen molar-refractivity contribution in [2.45, 2.75) is 92.2 Å². The fraction of sp³-hybridized carbons (Fsp3) is 0.704. The Balaban J connectivity index is 1.89. The summed E-state index contributed by atoms with van der Waals surface area (Å²) in [5.74, 6) is 0.400. The Morgan fingerprint density at radius 2 is 1.86 bits per heavy atom. The van der Waals surface area contributed by atoms with Crippen LogP contribution in [0.25, 0.3) is 11.0 Å². The molecule has 0 aromatic carbocycles. The van der Waals surface area contributed by atoms with Crippen molar-refractivity contribution in [1.29, 1.82) is 0 Å².